The zero-order valence-corrected chi connectivity index (χ0v) is 16.4. The van der Waals surface area contributed by atoms with E-state index in [0.717, 1.165) is 44.9 Å². The lowest BCUT2D eigenvalue weighted by Gasteiger charge is -2.59. The first-order chi connectivity index (χ1) is 12.8. The number of aliphatic carboxylic acids is 1. The number of carbonyl (C=O) groups is 1. The van der Waals surface area contributed by atoms with Crippen molar-refractivity contribution in [3.05, 3.63) is 11.6 Å². The molecule has 5 nitrogen and oxygen atoms in total. The van der Waals surface area contributed by atoms with Crippen LogP contribution in [0.4, 0.5) is 0 Å². The second kappa shape index (κ2) is 5.80. The van der Waals surface area contributed by atoms with Gasteiger partial charge in [0.25, 0.3) is 0 Å². The van der Waals surface area contributed by atoms with Gasteiger partial charge in [-0.25, -0.2) is 0 Å². The fourth-order valence-corrected chi connectivity index (χ4v) is 7.74. The largest absolute Gasteiger partial charge is 0.481 e. The minimum atomic E-state index is -0.652. The van der Waals surface area contributed by atoms with Crippen molar-refractivity contribution >= 4 is 5.97 Å². The molecule has 0 amide bonds. The summed E-state index contributed by atoms with van der Waals surface area (Å²) in [7, 11) is 0. The predicted octanol–water partition coefficient (Wildman–Crippen LogP) is 3.36. The van der Waals surface area contributed by atoms with Crippen LogP contribution in [-0.4, -0.2) is 41.3 Å². The summed E-state index contributed by atoms with van der Waals surface area (Å²) in [6, 6.07) is 0. The van der Waals surface area contributed by atoms with Crippen LogP contribution in [0, 0.1) is 34.5 Å². The second-order valence-electron chi connectivity index (χ2n) is 10.2. The second-order valence-corrected chi connectivity index (χ2v) is 10.2. The SMILES string of the molecule is C[C@]12CCC3C(C1CCC2C(=O)O)[C@@H](O)C=C1CC2(CC[C@@]13C)OCCO2. The molecule has 3 saturated carbocycles. The molecule has 1 saturated heterocycles. The molecule has 5 aliphatic rings. The van der Waals surface area contributed by atoms with Gasteiger partial charge in [0.15, 0.2) is 5.79 Å². The average molecular weight is 376 g/mol. The fraction of sp³-hybridized carbons (Fsp3) is 0.864. The average Bonchev–Trinajstić information content (AvgIpc) is 3.21. The lowest BCUT2D eigenvalue weighted by atomic mass is 9.46. The molecule has 0 aromatic carbocycles. The zero-order valence-electron chi connectivity index (χ0n) is 16.4. The maximum absolute atomic E-state index is 11.8. The molecule has 7 atom stereocenters. The summed E-state index contributed by atoms with van der Waals surface area (Å²) in [5, 5.41) is 20.9. The fourth-order valence-electron chi connectivity index (χ4n) is 7.74. The van der Waals surface area contributed by atoms with Crippen LogP contribution in [0.25, 0.3) is 0 Å². The van der Waals surface area contributed by atoms with E-state index in [0.29, 0.717) is 25.0 Å². The molecule has 4 unspecified atom stereocenters. The van der Waals surface area contributed by atoms with Crippen molar-refractivity contribution in [2.45, 2.75) is 70.7 Å². The van der Waals surface area contributed by atoms with E-state index in [9.17, 15) is 15.0 Å². The van der Waals surface area contributed by atoms with Gasteiger partial charge in [0.2, 0.25) is 0 Å². The maximum Gasteiger partial charge on any atom is 0.307 e. The first-order valence-corrected chi connectivity index (χ1v) is 10.7. The van der Waals surface area contributed by atoms with E-state index in [4.69, 9.17) is 9.47 Å². The molecule has 5 heteroatoms. The zero-order chi connectivity index (χ0) is 19.0. The first kappa shape index (κ1) is 18.1. The van der Waals surface area contributed by atoms with Crippen LogP contribution in [0.15, 0.2) is 11.6 Å². The molecule has 1 aliphatic heterocycles. The number of ether oxygens (including phenoxy) is 2. The molecule has 0 bridgehead atoms. The Hall–Kier alpha value is -0.910. The van der Waals surface area contributed by atoms with Gasteiger partial charge in [-0.05, 0) is 60.7 Å². The molecule has 0 radical (unpaired) electrons. The number of hydrogen-bond acceptors (Lipinski definition) is 4. The highest BCUT2D eigenvalue weighted by Crippen LogP contribution is 2.67. The summed E-state index contributed by atoms with van der Waals surface area (Å²) in [6.45, 7) is 5.87. The Kier molecular flexibility index (Phi) is 3.90. The molecule has 4 aliphatic carbocycles. The third-order valence-corrected chi connectivity index (χ3v) is 9.25. The van der Waals surface area contributed by atoms with Crippen LogP contribution in [0.2, 0.25) is 0 Å². The number of aliphatic hydroxyl groups is 1. The number of hydrogen-bond donors (Lipinski definition) is 2. The Bertz CT molecular complexity index is 680. The third kappa shape index (κ3) is 2.37. The summed E-state index contributed by atoms with van der Waals surface area (Å²) in [5.74, 6) is -0.469. The van der Waals surface area contributed by atoms with Crippen molar-refractivity contribution in [1.29, 1.82) is 0 Å². The number of aliphatic hydroxyl groups excluding tert-OH is 1. The van der Waals surface area contributed by atoms with Crippen LogP contribution in [0.3, 0.4) is 0 Å². The number of fused-ring (bicyclic) bond motifs is 5. The lowest BCUT2D eigenvalue weighted by molar-refractivity contribution is -0.189. The van der Waals surface area contributed by atoms with Gasteiger partial charge in [0.05, 0.1) is 25.2 Å². The molecule has 5 rings (SSSR count). The lowest BCUT2D eigenvalue weighted by Crippen LogP contribution is -2.56. The summed E-state index contributed by atoms with van der Waals surface area (Å²) in [5.41, 5.74) is 1.21. The Balaban J connectivity index is 1.49. The van der Waals surface area contributed by atoms with Crippen molar-refractivity contribution in [1.82, 2.24) is 0 Å². The Morgan fingerprint density at radius 1 is 1.07 bits per heavy atom. The van der Waals surface area contributed by atoms with Crippen molar-refractivity contribution in [2.75, 3.05) is 13.2 Å². The van der Waals surface area contributed by atoms with Crippen LogP contribution in [-0.2, 0) is 14.3 Å². The van der Waals surface area contributed by atoms with Gasteiger partial charge in [0, 0.05) is 12.8 Å². The van der Waals surface area contributed by atoms with E-state index >= 15 is 0 Å². The van der Waals surface area contributed by atoms with Crippen LogP contribution in [0.1, 0.15) is 58.8 Å². The summed E-state index contributed by atoms with van der Waals surface area (Å²) in [4.78, 5) is 11.8. The molecule has 1 heterocycles. The van der Waals surface area contributed by atoms with Crippen LogP contribution < -0.4 is 0 Å². The number of carboxylic acid groups (broad SMARTS) is 1. The highest BCUT2D eigenvalue weighted by atomic mass is 16.7. The molecular formula is C22H32O5. The minimum Gasteiger partial charge on any atom is -0.481 e. The quantitative estimate of drug-likeness (QED) is 0.686. The smallest absolute Gasteiger partial charge is 0.307 e. The molecule has 0 aromatic heterocycles. The van der Waals surface area contributed by atoms with Crippen LogP contribution >= 0.6 is 0 Å². The number of carboxylic acids is 1. The van der Waals surface area contributed by atoms with Crippen molar-refractivity contribution in [3.8, 4) is 0 Å². The van der Waals surface area contributed by atoms with Crippen LogP contribution in [0.5, 0.6) is 0 Å². The third-order valence-electron chi connectivity index (χ3n) is 9.25. The summed E-state index contributed by atoms with van der Waals surface area (Å²) < 4.78 is 11.9. The van der Waals surface area contributed by atoms with Crippen molar-refractivity contribution in [3.63, 3.8) is 0 Å². The Labute approximate surface area is 161 Å². The highest BCUT2D eigenvalue weighted by Gasteiger charge is 2.63. The first-order valence-electron chi connectivity index (χ1n) is 10.7. The van der Waals surface area contributed by atoms with Gasteiger partial charge in [-0.1, -0.05) is 25.5 Å². The molecular weight excluding hydrogens is 344 g/mol. The normalized spacial score (nSPS) is 50.6. The van der Waals surface area contributed by atoms with Gasteiger partial charge in [-0.15, -0.1) is 0 Å². The topological polar surface area (TPSA) is 76.0 Å². The van der Waals surface area contributed by atoms with E-state index in [1.165, 1.54) is 5.57 Å². The minimum absolute atomic E-state index is 0.0765. The molecule has 150 valence electrons. The van der Waals surface area contributed by atoms with Gasteiger partial charge in [-0.3, -0.25) is 4.79 Å². The standard InChI is InChI=1S/C22H32O5/c1-20-7-8-22(26-9-10-27-22)12-13(20)11-17(23)18-14-3-4-16(19(24)25)21(14,2)6-5-15(18)20/h11,14-18,23H,3-10,12H2,1-2H3,(H,24,25)/t14?,15?,16?,17-,18?,20-,21-/m0/s1. The van der Waals surface area contributed by atoms with Gasteiger partial charge in [-0.2, -0.15) is 0 Å². The predicted molar refractivity (Wildman–Crippen MR) is 98.9 cm³/mol. The Morgan fingerprint density at radius 3 is 2.52 bits per heavy atom. The van der Waals surface area contributed by atoms with E-state index in [2.05, 4.69) is 19.9 Å². The number of rotatable bonds is 1. The monoisotopic (exact) mass is 376 g/mol. The summed E-state index contributed by atoms with van der Waals surface area (Å²) in [6.07, 6.45) is 7.98. The van der Waals surface area contributed by atoms with Gasteiger partial charge >= 0.3 is 5.97 Å². The highest BCUT2D eigenvalue weighted by molar-refractivity contribution is 5.71. The summed E-state index contributed by atoms with van der Waals surface area (Å²) >= 11 is 0. The molecule has 2 N–H and O–H groups in total. The van der Waals surface area contributed by atoms with Crippen molar-refractivity contribution in [2.24, 2.45) is 34.5 Å². The van der Waals surface area contributed by atoms with Gasteiger partial charge in [0.1, 0.15) is 0 Å². The molecule has 1 spiro atoms. The maximum atomic E-state index is 11.8. The molecule has 4 fully saturated rings. The van der Waals surface area contributed by atoms with E-state index in [1.807, 2.05) is 0 Å². The van der Waals surface area contributed by atoms with Gasteiger partial charge < -0.3 is 19.7 Å². The van der Waals surface area contributed by atoms with E-state index < -0.39 is 17.9 Å². The molecule has 27 heavy (non-hydrogen) atoms. The van der Waals surface area contributed by atoms with E-state index in [-0.39, 0.29) is 22.7 Å². The van der Waals surface area contributed by atoms with Crippen molar-refractivity contribution < 1.29 is 24.5 Å². The van der Waals surface area contributed by atoms with E-state index in [1.54, 1.807) is 0 Å². The Morgan fingerprint density at radius 2 is 1.81 bits per heavy atom. The molecule has 0 aromatic rings.